The molecule has 1 aliphatic heterocycles. The number of carbonyl (C=O) groups is 1. The Morgan fingerprint density at radius 1 is 1.43 bits per heavy atom. The maximum absolute atomic E-state index is 13.7. The van der Waals surface area contributed by atoms with Crippen LogP contribution < -0.4 is 0 Å². The lowest BCUT2D eigenvalue weighted by atomic mass is 10.1. The van der Waals surface area contributed by atoms with E-state index in [1.165, 1.54) is 6.07 Å². The molecule has 0 bridgehead atoms. The van der Waals surface area contributed by atoms with Crippen molar-refractivity contribution in [3.05, 3.63) is 35.4 Å². The predicted molar refractivity (Wildman–Crippen MR) is 75.2 cm³/mol. The van der Waals surface area contributed by atoms with Gasteiger partial charge in [0, 0.05) is 25.7 Å². The van der Waals surface area contributed by atoms with Gasteiger partial charge in [0.2, 0.25) is 0 Å². The molecule has 1 amide bonds. The Morgan fingerprint density at radius 2 is 2.19 bits per heavy atom. The molecule has 1 aromatic rings. The fourth-order valence-corrected chi connectivity index (χ4v) is 2.31. The third-order valence-electron chi connectivity index (χ3n) is 3.49. The van der Waals surface area contributed by atoms with E-state index < -0.39 is 17.5 Å². The highest BCUT2D eigenvalue weighted by Gasteiger charge is 2.26. The van der Waals surface area contributed by atoms with Gasteiger partial charge in [-0.1, -0.05) is 0 Å². The lowest BCUT2D eigenvalue weighted by molar-refractivity contribution is -0.0271. The first kappa shape index (κ1) is 15.9. The first-order chi connectivity index (χ1) is 9.97. The molecule has 0 N–H and O–H groups in total. The fourth-order valence-electron chi connectivity index (χ4n) is 2.31. The van der Waals surface area contributed by atoms with Gasteiger partial charge in [-0.3, -0.25) is 4.79 Å². The van der Waals surface area contributed by atoms with E-state index in [0.717, 1.165) is 25.1 Å². The number of hydrogen-bond donors (Lipinski definition) is 0. The lowest BCUT2D eigenvalue weighted by Gasteiger charge is -2.33. The molecule has 0 unspecified atom stereocenters. The molecule has 21 heavy (non-hydrogen) atoms. The average Bonchev–Trinajstić information content (AvgIpc) is 2.45. The molecule has 0 spiro atoms. The number of hydrogen-bond acceptors (Lipinski definition) is 3. The molecule has 1 atom stereocenters. The minimum Gasteiger partial charge on any atom is -0.374 e. The van der Waals surface area contributed by atoms with Crippen LogP contribution in [0.1, 0.15) is 16.8 Å². The van der Waals surface area contributed by atoms with Crippen LogP contribution in [0.5, 0.6) is 0 Å². The standard InChI is InChI=1S/C15H20F2N2O2/c1-18(2)6-5-12-10-19(7-8-21-12)15(20)13-4-3-11(16)9-14(13)17/h3-4,9,12H,5-8,10H2,1-2H3/t12-/m1/s1. The van der Waals surface area contributed by atoms with Gasteiger partial charge in [-0.2, -0.15) is 0 Å². The van der Waals surface area contributed by atoms with E-state index in [-0.39, 0.29) is 11.7 Å². The number of carbonyl (C=O) groups excluding carboxylic acids is 1. The molecule has 1 saturated heterocycles. The first-order valence-corrected chi connectivity index (χ1v) is 6.98. The SMILES string of the molecule is CN(C)CC[C@@H]1CN(C(=O)c2ccc(F)cc2F)CCO1. The molecule has 6 heteroatoms. The second-order valence-electron chi connectivity index (χ2n) is 5.46. The Balaban J connectivity index is 2.01. The van der Waals surface area contributed by atoms with Gasteiger partial charge >= 0.3 is 0 Å². The molecule has 1 aliphatic rings. The molecule has 1 aromatic carbocycles. The summed E-state index contributed by atoms with van der Waals surface area (Å²) in [7, 11) is 3.94. The van der Waals surface area contributed by atoms with Crippen LogP contribution in [0.2, 0.25) is 0 Å². The van der Waals surface area contributed by atoms with Crippen molar-refractivity contribution >= 4 is 5.91 Å². The number of rotatable bonds is 4. The van der Waals surface area contributed by atoms with E-state index >= 15 is 0 Å². The summed E-state index contributed by atoms with van der Waals surface area (Å²) in [6, 6.07) is 3.02. The number of ether oxygens (including phenoxy) is 1. The summed E-state index contributed by atoms with van der Waals surface area (Å²) < 4.78 is 32.2. The van der Waals surface area contributed by atoms with E-state index in [9.17, 15) is 13.6 Å². The third-order valence-corrected chi connectivity index (χ3v) is 3.49. The van der Waals surface area contributed by atoms with E-state index in [0.29, 0.717) is 19.7 Å². The molecule has 0 saturated carbocycles. The Kier molecular flexibility index (Phi) is 5.25. The van der Waals surface area contributed by atoms with Crippen molar-refractivity contribution in [1.82, 2.24) is 9.80 Å². The molecule has 0 radical (unpaired) electrons. The van der Waals surface area contributed by atoms with Crippen LogP contribution in [0.15, 0.2) is 18.2 Å². The second-order valence-corrected chi connectivity index (χ2v) is 5.46. The van der Waals surface area contributed by atoms with Gasteiger partial charge in [0.1, 0.15) is 11.6 Å². The maximum Gasteiger partial charge on any atom is 0.256 e. The molecule has 1 heterocycles. The van der Waals surface area contributed by atoms with Crippen LogP contribution in [0.4, 0.5) is 8.78 Å². The molecule has 0 aromatic heterocycles. The Labute approximate surface area is 123 Å². The van der Waals surface area contributed by atoms with E-state index in [1.54, 1.807) is 4.90 Å². The predicted octanol–water partition coefficient (Wildman–Crippen LogP) is 1.76. The summed E-state index contributed by atoms with van der Waals surface area (Å²) in [6.07, 6.45) is 0.761. The van der Waals surface area contributed by atoms with Crippen molar-refractivity contribution in [2.75, 3.05) is 40.3 Å². The molecular formula is C15H20F2N2O2. The topological polar surface area (TPSA) is 32.8 Å². The highest BCUT2D eigenvalue weighted by molar-refractivity contribution is 5.94. The largest absolute Gasteiger partial charge is 0.374 e. The summed E-state index contributed by atoms with van der Waals surface area (Å²) in [5.41, 5.74) is -0.0929. The number of morpholine rings is 1. The molecule has 2 rings (SSSR count). The van der Waals surface area contributed by atoms with Crippen molar-refractivity contribution < 1.29 is 18.3 Å². The van der Waals surface area contributed by atoms with Gasteiger partial charge < -0.3 is 14.5 Å². The van der Waals surface area contributed by atoms with Crippen LogP contribution in [0.25, 0.3) is 0 Å². The quantitative estimate of drug-likeness (QED) is 0.849. The number of amides is 1. The van der Waals surface area contributed by atoms with E-state index in [1.807, 2.05) is 19.0 Å². The smallest absolute Gasteiger partial charge is 0.256 e. The lowest BCUT2D eigenvalue weighted by Crippen LogP contribution is -2.46. The van der Waals surface area contributed by atoms with Gasteiger partial charge in [0.15, 0.2) is 0 Å². The van der Waals surface area contributed by atoms with Crippen molar-refractivity contribution in [3.8, 4) is 0 Å². The van der Waals surface area contributed by atoms with Crippen molar-refractivity contribution in [1.29, 1.82) is 0 Å². The van der Waals surface area contributed by atoms with Crippen molar-refractivity contribution in [2.45, 2.75) is 12.5 Å². The van der Waals surface area contributed by atoms with Crippen LogP contribution >= 0.6 is 0 Å². The van der Waals surface area contributed by atoms with Crippen LogP contribution in [0.3, 0.4) is 0 Å². The zero-order valence-corrected chi connectivity index (χ0v) is 12.3. The summed E-state index contributed by atoms with van der Waals surface area (Å²) in [5.74, 6) is -1.92. The zero-order valence-electron chi connectivity index (χ0n) is 12.3. The zero-order chi connectivity index (χ0) is 15.4. The number of benzene rings is 1. The van der Waals surface area contributed by atoms with Gasteiger partial charge in [0.05, 0.1) is 18.3 Å². The van der Waals surface area contributed by atoms with Crippen LogP contribution in [-0.4, -0.2) is 62.1 Å². The van der Waals surface area contributed by atoms with E-state index in [2.05, 4.69) is 0 Å². The highest BCUT2D eigenvalue weighted by atomic mass is 19.1. The maximum atomic E-state index is 13.7. The molecule has 116 valence electrons. The fraction of sp³-hybridized carbons (Fsp3) is 0.533. The van der Waals surface area contributed by atoms with Gasteiger partial charge in [-0.15, -0.1) is 0 Å². The van der Waals surface area contributed by atoms with Crippen LogP contribution in [0, 0.1) is 11.6 Å². The van der Waals surface area contributed by atoms with Crippen molar-refractivity contribution in [3.63, 3.8) is 0 Å². The molecule has 4 nitrogen and oxygen atoms in total. The number of halogens is 2. The van der Waals surface area contributed by atoms with E-state index in [4.69, 9.17) is 4.74 Å². The number of nitrogens with zero attached hydrogens (tertiary/aromatic N) is 2. The molecule has 1 fully saturated rings. The minimum atomic E-state index is -0.823. The van der Waals surface area contributed by atoms with Crippen LogP contribution in [-0.2, 0) is 4.74 Å². The molecular weight excluding hydrogens is 278 g/mol. The average molecular weight is 298 g/mol. The van der Waals surface area contributed by atoms with Gasteiger partial charge in [-0.05, 0) is 32.6 Å². The monoisotopic (exact) mass is 298 g/mol. The summed E-state index contributed by atoms with van der Waals surface area (Å²) in [4.78, 5) is 15.9. The van der Waals surface area contributed by atoms with Crippen molar-refractivity contribution in [2.24, 2.45) is 0 Å². The Morgan fingerprint density at radius 3 is 2.86 bits per heavy atom. The first-order valence-electron chi connectivity index (χ1n) is 6.98. The minimum absolute atomic E-state index is 0.0476. The highest BCUT2D eigenvalue weighted by Crippen LogP contribution is 2.16. The molecule has 0 aliphatic carbocycles. The summed E-state index contributed by atoms with van der Waals surface area (Å²) in [6.45, 7) is 2.15. The van der Waals surface area contributed by atoms with Gasteiger partial charge in [0.25, 0.3) is 5.91 Å². The Bertz CT molecular complexity index is 508. The summed E-state index contributed by atoms with van der Waals surface area (Å²) in [5, 5.41) is 0. The summed E-state index contributed by atoms with van der Waals surface area (Å²) >= 11 is 0. The Hall–Kier alpha value is -1.53. The van der Waals surface area contributed by atoms with Gasteiger partial charge in [-0.25, -0.2) is 8.78 Å². The second kappa shape index (κ2) is 6.95. The normalized spacial score (nSPS) is 19.1. The third kappa shape index (κ3) is 4.22.